The maximum Gasteiger partial charge on any atom is 0.327 e. The number of aromatic hydroxyl groups is 1. The second-order valence-electron chi connectivity index (χ2n) is 8.64. The number of aliphatic carboxylic acids is 1. The summed E-state index contributed by atoms with van der Waals surface area (Å²) in [5, 5.41) is 26.2. The fourth-order valence-electron chi connectivity index (χ4n) is 3.29. The maximum absolute atomic E-state index is 13.3. The molecule has 0 saturated carbocycles. The summed E-state index contributed by atoms with van der Waals surface area (Å²) in [5.74, 6) is -4.61. The van der Waals surface area contributed by atoms with Gasteiger partial charge in [-0.1, -0.05) is 12.1 Å². The number of carboxylic acid groups (broad SMARTS) is 1. The number of primary amides is 1. The lowest BCUT2D eigenvalue weighted by molar-refractivity contribution is -0.141. The van der Waals surface area contributed by atoms with Crippen LogP contribution in [-0.2, 0) is 30.4 Å². The molecule has 216 valence electrons. The van der Waals surface area contributed by atoms with Gasteiger partial charge in [0.15, 0.2) is 5.96 Å². The Bertz CT molecular complexity index is 1030. The Morgan fingerprint density at radius 1 is 0.872 bits per heavy atom. The zero-order chi connectivity index (χ0) is 29.5. The van der Waals surface area contributed by atoms with Crippen molar-refractivity contribution in [1.29, 1.82) is 0 Å². The third-order valence-electron chi connectivity index (χ3n) is 5.42. The van der Waals surface area contributed by atoms with Crippen molar-refractivity contribution in [2.24, 2.45) is 27.9 Å². The predicted octanol–water partition coefficient (Wildman–Crippen LogP) is -2.95. The summed E-state index contributed by atoms with van der Waals surface area (Å²) in [4.78, 5) is 65.1. The first-order valence-corrected chi connectivity index (χ1v) is 12.6. The highest BCUT2D eigenvalue weighted by molar-refractivity contribution is 7.80. The topological polar surface area (TPSA) is 278 Å². The van der Waals surface area contributed by atoms with E-state index in [0.717, 1.165) is 0 Å². The highest BCUT2D eigenvalue weighted by Crippen LogP contribution is 2.12. The molecular weight excluding hydrogens is 532 g/mol. The molecule has 0 saturated heterocycles. The molecule has 4 atom stereocenters. The molecule has 1 aromatic rings. The van der Waals surface area contributed by atoms with Crippen LogP contribution in [0, 0.1) is 0 Å². The van der Waals surface area contributed by atoms with Crippen molar-refractivity contribution in [3.05, 3.63) is 29.8 Å². The Hall–Kier alpha value is -4.05. The summed E-state index contributed by atoms with van der Waals surface area (Å²) in [6.45, 7) is 0.138. The number of nitrogens with two attached hydrogens (primary N) is 4. The predicted molar refractivity (Wildman–Crippen MR) is 145 cm³/mol. The second kappa shape index (κ2) is 16.7. The number of amides is 4. The number of hydrogen-bond acceptors (Lipinski definition) is 9. The molecule has 0 heterocycles. The molecule has 0 radical (unpaired) electrons. The molecular formula is C23H36N8O7S. The van der Waals surface area contributed by atoms with Crippen molar-refractivity contribution in [2.45, 2.75) is 56.3 Å². The summed E-state index contributed by atoms with van der Waals surface area (Å²) in [7, 11) is 0. The van der Waals surface area contributed by atoms with Crippen molar-refractivity contribution in [2.75, 3.05) is 12.3 Å². The van der Waals surface area contributed by atoms with Gasteiger partial charge in [0.1, 0.15) is 23.9 Å². The van der Waals surface area contributed by atoms with E-state index < -0.39 is 53.8 Å². The number of phenolic OH excluding ortho intramolecular Hbond substituents is 1. The highest BCUT2D eigenvalue weighted by atomic mass is 32.1. The standard InChI is InChI=1S/C23H36N8O7S/c24-14(7-8-18(25)33)19(34)30-16(10-12-3-5-13(32)6-4-12)21(36)29-15(2-1-9-28-23(26)27)20(35)31-17(11-39)22(37)38/h3-6,14-17,32,39H,1-2,7-11,24H2,(H2,25,33)(H,29,36)(H,30,34)(H,31,35)(H,37,38)(H4,26,27,28). The van der Waals surface area contributed by atoms with Gasteiger partial charge in [-0.2, -0.15) is 12.6 Å². The SMILES string of the molecule is NC(=O)CCC(N)C(=O)NC(Cc1ccc(O)cc1)C(=O)NC(CCCN=C(N)N)C(=O)NC(CS)C(=O)O. The Labute approximate surface area is 230 Å². The molecule has 39 heavy (non-hydrogen) atoms. The molecule has 16 heteroatoms. The fourth-order valence-corrected chi connectivity index (χ4v) is 3.53. The first-order chi connectivity index (χ1) is 18.3. The van der Waals surface area contributed by atoms with E-state index in [4.69, 9.17) is 22.9 Å². The van der Waals surface area contributed by atoms with Crippen molar-refractivity contribution in [1.82, 2.24) is 16.0 Å². The van der Waals surface area contributed by atoms with Crippen LogP contribution in [0.25, 0.3) is 0 Å². The third kappa shape index (κ3) is 12.8. The summed E-state index contributed by atoms with van der Waals surface area (Å²) in [6.07, 6.45) is 0.0480. The molecule has 4 unspecified atom stereocenters. The number of nitrogens with one attached hydrogen (secondary N) is 3. The van der Waals surface area contributed by atoms with Gasteiger partial charge >= 0.3 is 5.97 Å². The van der Waals surface area contributed by atoms with Crippen LogP contribution in [0.5, 0.6) is 5.75 Å². The van der Waals surface area contributed by atoms with Gasteiger partial charge in [0.2, 0.25) is 23.6 Å². The lowest BCUT2D eigenvalue weighted by atomic mass is 10.0. The second-order valence-corrected chi connectivity index (χ2v) is 9.00. The average molecular weight is 569 g/mol. The van der Waals surface area contributed by atoms with E-state index in [-0.39, 0.29) is 56.1 Å². The summed E-state index contributed by atoms with van der Waals surface area (Å²) < 4.78 is 0. The van der Waals surface area contributed by atoms with Gasteiger partial charge in [-0.3, -0.25) is 24.2 Å². The smallest absolute Gasteiger partial charge is 0.327 e. The zero-order valence-corrected chi connectivity index (χ0v) is 22.1. The van der Waals surface area contributed by atoms with Gasteiger partial charge in [-0.25, -0.2) is 4.79 Å². The van der Waals surface area contributed by atoms with Crippen LogP contribution >= 0.6 is 12.6 Å². The van der Waals surface area contributed by atoms with Gasteiger partial charge in [0.05, 0.1) is 6.04 Å². The fraction of sp³-hybridized carbons (Fsp3) is 0.478. The minimum Gasteiger partial charge on any atom is -0.508 e. The van der Waals surface area contributed by atoms with Crippen LogP contribution in [0.3, 0.4) is 0 Å². The van der Waals surface area contributed by atoms with Crippen LogP contribution in [0.1, 0.15) is 31.2 Å². The summed E-state index contributed by atoms with van der Waals surface area (Å²) >= 11 is 3.92. The molecule has 0 bridgehead atoms. The largest absolute Gasteiger partial charge is 0.508 e. The maximum atomic E-state index is 13.3. The molecule has 0 aliphatic heterocycles. The number of thiol groups is 1. The molecule has 4 amide bonds. The molecule has 15 nitrogen and oxygen atoms in total. The van der Waals surface area contributed by atoms with Gasteiger partial charge in [-0.15, -0.1) is 0 Å². The van der Waals surface area contributed by atoms with Crippen LogP contribution in [0.15, 0.2) is 29.3 Å². The molecule has 13 N–H and O–H groups in total. The van der Waals surface area contributed by atoms with Gasteiger partial charge < -0.3 is 49.1 Å². The number of nitrogens with zero attached hydrogens (tertiary/aromatic N) is 1. The number of hydrogen-bond donors (Lipinski definition) is 10. The third-order valence-corrected chi connectivity index (χ3v) is 5.79. The monoisotopic (exact) mass is 568 g/mol. The number of carbonyl (C=O) groups excluding carboxylic acids is 4. The van der Waals surface area contributed by atoms with Crippen molar-refractivity contribution >= 4 is 48.2 Å². The molecule has 0 aromatic heterocycles. The van der Waals surface area contributed by atoms with Gasteiger partial charge in [0, 0.05) is 25.1 Å². The molecule has 0 aliphatic rings. The average Bonchev–Trinajstić information content (AvgIpc) is 2.87. The first kappa shape index (κ1) is 33.0. The normalized spacial score (nSPS) is 13.7. The molecule has 1 rings (SSSR count). The number of benzene rings is 1. The van der Waals surface area contributed by atoms with Crippen LogP contribution in [0.2, 0.25) is 0 Å². The Balaban J connectivity index is 3.14. The number of phenols is 1. The van der Waals surface area contributed by atoms with Gasteiger partial charge in [-0.05, 0) is 37.0 Å². The van der Waals surface area contributed by atoms with E-state index in [9.17, 15) is 34.2 Å². The number of guanidine groups is 1. The van der Waals surface area contributed by atoms with E-state index in [2.05, 4.69) is 33.6 Å². The van der Waals surface area contributed by atoms with E-state index in [1.165, 1.54) is 12.1 Å². The lowest BCUT2D eigenvalue weighted by Crippen LogP contribution is -2.57. The minimum absolute atomic E-state index is 0.00746. The number of carbonyl (C=O) groups is 5. The summed E-state index contributed by atoms with van der Waals surface area (Å²) in [5.41, 5.74) is 22.1. The van der Waals surface area contributed by atoms with E-state index in [1.807, 2.05) is 0 Å². The molecule has 1 aromatic carbocycles. The molecule has 0 aliphatic carbocycles. The molecule has 0 spiro atoms. The number of aliphatic imine (C=N–C) groups is 1. The number of rotatable bonds is 17. The lowest BCUT2D eigenvalue weighted by Gasteiger charge is -2.25. The minimum atomic E-state index is -1.31. The van der Waals surface area contributed by atoms with Crippen molar-refractivity contribution < 1.29 is 34.2 Å². The van der Waals surface area contributed by atoms with E-state index in [0.29, 0.717) is 5.56 Å². The van der Waals surface area contributed by atoms with Gasteiger partial charge in [0.25, 0.3) is 0 Å². The van der Waals surface area contributed by atoms with Crippen molar-refractivity contribution in [3.63, 3.8) is 0 Å². The quantitative estimate of drug-likeness (QED) is 0.0394. The zero-order valence-electron chi connectivity index (χ0n) is 21.2. The Kier molecular flexibility index (Phi) is 14.1. The van der Waals surface area contributed by atoms with Crippen LogP contribution in [-0.4, -0.2) is 82.2 Å². The van der Waals surface area contributed by atoms with Crippen molar-refractivity contribution in [3.8, 4) is 5.75 Å². The first-order valence-electron chi connectivity index (χ1n) is 12.0. The van der Waals surface area contributed by atoms with Crippen LogP contribution in [0.4, 0.5) is 0 Å². The van der Waals surface area contributed by atoms with E-state index in [1.54, 1.807) is 12.1 Å². The Morgan fingerprint density at radius 3 is 1.97 bits per heavy atom. The highest BCUT2D eigenvalue weighted by Gasteiger charge is 2.30. The van der Waals surface area contributed by atoms with E-state index >= 15 is 0 Å². The summed E-state index contributed by atoms with van der Waals surface area (Å²) in [6, 6.07) is 0.983. The molecule has 0 fully saturated rings. The number of carboxylic acids is 1. The Morgan fingerprint density at radius 2 is 1.44 bits per heavy atom. The van der Waals surface area contributed by atoms with Crippen LogP contribution < -0.4 is 38.9 Å².